The quantitative estimate of drug-likeness (QED) is 0.782. The Morgan fingerprint density at radius 3 is 2.60 bits per heavy atom. The third-order valence-electron chi connectivity index (χ3n) is 2.65. The second-order valence-corrected chi connectivity index (χ2v) is 4.69. The van der Waals surface area contributed by atoms with Gasteiger partial charge < -0.3 is 10.1 Å². The van der Waals surface area contributed by atoms with Gasteiger partial charge in [-0.2, -0.15) is 0 Å². The van der Waals surface area contributed by atoms with E-state index in [0.717, 1.165) is 11.3 Å². The molecule has 2 aromatic carbocycles. The van der Waals surface area contributed by atoms with Crippen LogP contribution >= 0.6 is 11.6 Å². The van der Waals surface area contributed by atoms with E-state index in [1.54, 1.807) is 12.1 Å². The molecule has 1 N–H and O–H groups in total. The van der Waals surface area contributed by atoms with E-state index in [1.165, 1.54) is 12.1 Å². The van der Waals surface area contributed by atoms with Gasteiger partial charge in [0.15, 0.2) is 0 Å². The molecule has 0 saturated carbocycles. The normalized spacial score (nSPS) is 10.1. The Balaban J connectivity index is 1.94. The highest BCUT2D eigenvalue weighted by molar-refractivity contribution is 6.30. The maximum Gasteiger partial charge on any atom is 0.126 e. The van der Waals surface area contributed by atoms with Crippen LogP contribution in [0.1, 0.15) is 5.56 Å². The van der Waals surface area contributed by atoms with Crippen LogP contribution in [0.15, 0.2) is 55.1 Å². The van der Waals surface area contributed by atoms with E-state index in [-0.39, 0.29) is 5.82 Å². The second-order valence-electron chi connectivity index (χ2n) is 4.26. The summed E-state index contributed by atoms with van der Waals surface area (Å²) >= 11 is 5.80. The van der Waals surface area contributed by atoms with Crippen LogP contribution in [-0.4, -0.2) is 6.61 Å². The molecule has 2 rings (SSSR count). The third kappa shape index (κ3) is 4.28. The van der Waals surface area contributed by atoms with Crippen molar-refractivity contribution in [2.45, 2.75) is 6.54 Å². The maximum atomic E-state index is 13.2. The number of halogens is 2. The summed E-state index contributed by atoms with van der Waals surface area (Å²) in [4.78, 5) is 0. The van der Waals surface area contributed by atoms with Crippen LogP contribution in [0.5, 0.6) is 5.75 Å². The fourth-order valence-corrected chi connectivity index (χ4v) is 1.94. The Bertz CT molecular complexity index is 563. The van der Waals surface area contributed by atoms with Crippen LogP contribution in [-0.2, 0) is 6.54 Å². The molecule has 0 aliphatic carbocycles. The number of rotatable bonds is 6. The number of hydrogen-bond acceptors (Lipinski definition) is 2. The van der Waals surface area contributed by atoms with Crippen molar-refractivity contribution < 1.29 is 9.13 Å². The largest absolute Gasteiger partial charge is 0.490 e. The van der Waals surface area contributed by atoms with Crippen LogP contribution < -0.4 is 10.1 Å². The average Bonchev–Trinajstić information content (AvgIpc) is 2.43. The first-order chi connectivity index (χ1) is 9.67. The Kier molecular flexibility index (Phi) is 5.02. The fraction of sp³-hybridized carbons (Fsp3) is 0.125. The first-order valence-electron chi connectivity index (χ1n) is 6.20. The van der Waals surface area contributed by atoms with E-state index in [1.807, 2.05) is 24.3 Å². The number of ether oxygens (including phenoxy) is 1. The van der Waals surface area contributed by atoms with Gasteiger partial charge in [-0.05, 0) is 35.9 Å². The molecular weight excluding hydrogens is 277 g/mol. The molecule has 2 nitrogen and oxygen atoms in total. The molecule has 0 unspecified atom stereocenters. The van der Waals surface area contributed by atoms with E-state index in [2.05, 4.69) is 11.9 Å². The van der Waals surface area contributed by atoms with Gasteiger partial charge in [-0.25, -0.2) is 4.39 Å². The molecule has 0 heterocycles. The molecule has 0 aromatic heterocycles. The minimum absolute atomic E-state index is 0.354. The minimum Gasteiger partial charge on any atom is -0.490 e. The van der Waals surface area contributed by atoms with Crippen LogP contribution in [0.2, 0.25) is 5.02 Å². The SMILES string of the molecule is C=CCOc1ccc(CNc2cc(F)cc(Cl)c2)cc1. The molecule has 20 heavy (non-hydrogen) atoms. The van der Waals surface area contributed by atoms with Crippen LogP contribution in [0.25, 0.3) is 0 Å². The lowest BCUT2D eigenvalue weighted by Crippen LogP contribution is -2.00. The monoisotopic (exact) mass is 291 g/mol. The molecule has 0 fully saturated rings. The summed E-state index contributed by atoms with van der Waals surface area (Å²) in [6, 6.07) is 12.1. The Morgan fingerprint density at radius 1 is 1.20 bits per heavy atom. The van der Waals surface area contributed by atoms with E-state index < -0.39 is 0 Å². The lowest BCUT2D eigenvalue weighted by atomic mass is 10.2. The van der Waals surface area contributed by atoms with E-state index in [4.69, 9.17) is 16.3 Å². The van der Waals surface area contributed by atoms with Crippen LogP contribution in [0.4, 0.5) is 10.1 Å². The zero-order valence-electron chi connectivity index (χ0n) is 10.9. The lowest BCUT2D eigenvalue weighted by molar-refractivity contribution is 0.363. The third-order valence-corrected chi connectivity index (χ3v) is 2.87. The summed E-state index contributed by atoms with van der Waals surface area (Å²) < 4.78 is 18.6. The summed E-state index contributed by atoms with van der Waals surface area (Å²) in [5.41, 5.74) is 1.72. The van der Waals surface area contributed by atoms with Crippen molar-refractivity contribution in [3.63, 3.8) is 0 Å². The number of anilines is 1. The zero-order valence-corrected chi connectivity index (χ0v) is 11.7. The molecule has 0 atom stereocenters. The van der Waals surface area contributed by atoms with Crippen molar-refractivity contribution in [1.82, 2.24) is 0 Å². The molecule has 0 radical (unpaired) electrons. The number of benzene rings is 2. The molecule has 2 aromatic rings. The second kappa shape index (κ2) is 6.96. The van der Waals surface area contributed by atoms with Gasteiger partial charge in [0, 0.05) is 17.3 Å². The van der Waals surface area contributed by atoms with Gasteiger partial charge in [0.25, 0.3) is 0 Å². The van der Waals surface area contributed by atoms with Gasteiger partial charge in [0.2, 0.25) is 0 Å². The molecular formula is C16H15ClFNO. The smallest absolute Gasteiger partial charge is 0.126 e. The molecule has 0 aliphatic rings. The van der Waals surface area contributed by atoms with Gasteiger partial charge >= 0.3 is 0 Å². The highest BCUT2D eigenvalue weighted by Crippen LogP contribution is 2.19. The van der Waals surface area contributed by atoms with Crippen molar-refractivity contribution in [2.75, 3.05) is 11.9 Å². The summed E-state index contributed by atoms with van der Waals surface area (Å²) in [6.45, 7) is 4.66. The highest BCUT2D eigenvalue weighted by Gasteiger charge is 2.00. The van der Waals surface area contributed by atoms with Crippen LogP contribution in [0, 0.1) is 5.82 Å². The highest BCUT2D eigenvalue weighted by atomic mass is 35.5. The molecule has 0 saturated heterocycles. The van der Waals surface area contributed by atoms with Gasteiger partial charge in [0.05, 0.1) is 0 Å². The summed E-state index contributed by atoms with van der Waals surface area (Å²) in [5, 5.41) is 3.50. The van der Waals surface area contributed by atoms with Crippen molar-refractivity contribution in [3.05, 3.63) is 71.5 Å². The predicted molar refractivity (Wildman–Crippen MR) is 80.9 cm³/mol. The Morgan fingerprint density at radius 2 is 1.95 bits per heavy atom. The van der Waals surface area contributed by atoms with Crippen LogP contribution in [0.3, 0.4) is 0 Å². The molecule has 4 heteroatoms. The van der Waals surface area contributed by atoms with Crippen molar-refractivity contribution in [1.29, 1.82) is 0 Å². The zero-order chi connectivity index (χ0) is 14.4. The lowest BCUT2D eigenvalue weighted by Gasteiger charge is -2.08. The molecule has 0 aliphatic heterocycles. The summed E-state index contributed by atoms with van der Waals surface area (Å²) in [5.74, 6) is 0.440. The summed E-state index contributed by atoms with van der Waals surface area (Å²) in [6.07, 6.45) is 1.70. The molecule has 0 amide bonds. The van der Waals surface area contributed by atoms with Gasteiger partial charge in [-0.1, -0.05) is 36.4 Å². The Hall–Kier alpha value is -2.00. The van der Waals surface area contributed by atoms with E-state index in [9.17, 15) is 4.39 Å². The standard InChI is InChI=1S/C16H15ClFNO/c1-2-7-20-16-5-3-12(4-6-16)11-19-15-9-13(17)8-14(18)10-15/h2-6,8-10,19H,1,7,11H2. The predicted octanol–water partition coefficient (Wildman–Crippen LogP) is 4.66. The first-order valence-corrected chi connectivity index (χ1v) is 6.58. The molecule has 0 bridgehead atoms. The summed E-state index contributed by atoms with van der Waals surface area (Å²) in [7, 11) is 0. The van der Waals surface area contributed by atoms with Crippen molar-refractivity contribution >= 4 is 17.3 Å². The van der Waals surface area contributed by atoms with Gasteiger partial charge in [-0.3, -0.25) is 0 Å². The van der Waals surface area contributed by atoms with Gasteiger partial charge in [-0.15, -0.1) is 0 Å². The first kappa shape index (κ1) is 14.4. The number of hydrogen-bond donors (Lipinski definition) is 1. The fourth-order valence-electron chi connectivity index (χ4n) is 1.72. The maximum absolute atomic E-state index is 13.2. The van der Waals surface area contributed by atoms with E-state index in [0.29, 0.717) is 23.9 Å². The Labute approximate surface area is 122 Å². The topological polar surface area (TPSA) is 21.3 Å². The van der Waals surface area contributed by atoms with Crippen molar-refractivity contribution in [2.24, 2.45) is 0 Å². The number of nitrogens with one attached hydrogen (secondary N) is 1. The minimum atomic E-state index is -0.354. The molecule has 0 spiro atoms. The van der Waals surface area contributed by atoms with Gasteiger partial charge in [0.1, 0.15) is 18.2 Å². The average molecular weight is 292 g/mol. The van der Waals surface area contributed by atoms with Crippen molar-refractivity contribution in [3.8, 4) is 5.75 Å². The van der Waals surface area contributed by atoms with E-state index >= 15 is 0 Å². The molecule has 104 valence electrons.